The number of para-hydroxylation sites is 2. The van der Waals surface area contributed by atoms with Crippen LogP contribution in [-0.2, 0) is 0 Å². The Hall–Kier alpha value is -6.12. The molecule has 8 aromatic rings. The fourth-order valence-electron chi connectivity index (χ4n) is 6.07. The lowest BCUT2D eigenvalue weighted by molar-refractivity contribution is 1.41. The molecule has 0 atom stereocenters. The van der Waals surface area contributed by atoms with Gasteiger partial charge < -0.3 is 0 Å². The molecule has 8 rings (SSSR count). The fraction of sp³-hybridized carbons (Fsp3) is 0. The first-order valence-corrected chi connectivity index (χ1v) is 15.5. The van der Waals surface area contributed by atoms with E-state index in [2.05, 4.69) is 168 Å². The number of fused-ring (bicyclic) bond motifs is 4. The Balaban J connectivity index is 0.981. The third kappa shape index (κ3) is 5.72. The number of rotatable bonds is 6. The van der Waals surface area contributed by atoms with Gasteiger partial charge in [-0.05, 0) is 80.2 Å². The maximum Gasteiger partial charge on any atom is 0.0774 e. The van der Waals surface area contributed by atoms with Crippen molar-refractivity contribution in [2.24, 2.45) is 0 Å². The maximum absolute atomic E-state index is 4.57. The predicted molar refractivity (Wildman–Crippen MR) is 198 cm³/mol. The average molecular weight is 587 g/mol. The van der Waals surface area contributed by atoms with Crippen LogP contribution in [0, 0.1) is 0 Å². The van der Waals surface area contributed by atoms with E-state index in [9.17, 15) is 0 Å². The highest BCUT2D eigenvalue weighted by molar-refractivity contribution is 5.94. The van der Waals surface area contributed by atoms with E-state index in [1.807, 2.05) is 24.5 Å². The van der Waals surface area contributed by atoms with Crippen LogP contribution in [0.2, 0.25) is 0 Å². The van der Waals surface area contributed by atoms with Crippen LogP contribution in [0.3, 0.4) is 0 Å². The minimum Gasteiger partial charge on any atom is -0.256 e. The first kappa shape index (κ1) is 27.4. The molecule has 0 unspecified atom stereocenters. The summed E-state index contributed by atoms with van der Waals surface area (Å²) < 4.78 is 0. The van der Waals surface area contributed by atoms with Gasteiger partial charge in [-0.15, -0.1) is 0 Å². The summed E-state index contributed by atoms with van der Waals surface area (Å²) in [7, 11) is 0. The molecule has 0 aliphatic carbocycles. The molecule has 2 heterocycles. The first-order valence-electron chi connectivity index (χ1n) is 15.5. The summed E-state index contributed by atoms with van der Waals surface area (Å²) >= 11 is 0. The Labute approximate surface area is 268 Å². The van der Waals surface area contributed by atoms with E-state index in [1.54, 1.807) is 0 Å². The van der Waals surface area contributed by atoms with Crippen LogP contribution in [0.4, 0.5) is 0 Å². The number of nitrogens with zero attached hydrogens (tertiary/aromatic N) is 2. The smallest absolute Gasteiger partial charge is 0.0774 e. The second-order valence-corrected chi connectivity index (χ2v) is 11.6. The van der Waals surface area contributed by atoms with E-state index >= 15 is 0 Å². The largest absolute Gasteiger partial charge is 0.256 e. The molecule has 0 radical (unpaired) electrons. The van der Waals surface area contributed by atoms with Gasteiger partial charge in [0.25, 0.3) is 0 Å². The molecule has 0 spiro atoms. The number of hydrogen-bond donors (Lipinski definition) is 0. The number of aromatic nitrogens is 2. The van der Waals surface area contributed by atoms with Crippen LogP contribution in [-0.4, -0.2) is 9.97 Å². The quantitative estimate of drug-likeness (QED) is 0.181. The molecule has 46 heavy (non-hydrogen) atoms. The molecule has 0 aliphatic rings. The summed E-state index contributed by atoms with van der Waals surface area (Å²) in [6.45, 7) is 0. The van der Waals surface area contributed by atoms with E-state index < -0.39 is 0 Å². The van der Waals surface area contributed by atoms with Crippen LogP contribution in [0.25, 0.3) is 79.8 Å². The highest BCUT2D eigenvalue weighted by Gasteiger charge is 2.02. The molecule has 216 valence electrons. The number of hydrogen-bond acceptors (Lipinski definition) is 2. The Morgan fingerprint density at radius 3 is 1.04 bits per heavy atom. The summed E-state index contributed by atoms with van der Waals surface area (Å²) in [4.78, 5) is 9.15. The number of benzene rings is 6. The fourth-order valence-corrected chi connectivity index (χ4v) is 6.07. The van der Waals surface area contributed by atoms with Crippen molar-refractivity contribution >= 4 is 79.8 Å². The average Bonchev–Trinajstić information content (AvgIpc) is 3.12. The van der Waals surface area contributed by atoms with E-state index in [0.717, 1.165) is 32.9 Å². The van der Waals surface area contributed by atoms with Gasteiger partial charge in [-0.3, -0.25) is 9.97 Å². The van der Waals surface area contributed by atoms with Crippen LogP contribution in [0.1, 0.15) is 33.4 Å². The molecular weight excluding hydrogens is 556 g/mol. The maximum atomic E-state index is 4.57. The molecule has 0 amide bonds. The SMILES string of the molecule is C(=C\c1ccc2cc(/C=C/c3cccc4cccnc34)ccc2c1)/c1ccc2cc(/C=C/c3cccc4cccnc34)ccc2c1. The molecule has 0 saturated carbocycles. The normalized spacial score (nSPS) is 12.1. The van der Waals surface area contributed by atoms with Crippen molar-refractivity contribution in [3.8, 4) is 0 Å². The van der Waals surface area contributed by atoms with Gasteiger partial charge in [0.15, 0.2) is 0 Å². The molecule has 2 nitrogen and oxygen atoms in total. The zero-order valence-corrected chi connectivity index (χ0v) is 25.2. The highest BCUT2D eigenvalue weighted by atomic mass is 14.7. The van der Waals surface area contributed by atoms with Gasteiger partial charge in [-0.25, -0.2) is 0 Å². The number of pyridine rings is 2. The van der Waals surface area contributed by atoms with E-state index in [-0.39, 0.29) is 0 Å². The predicted octanol–water partition coefficient (Wildman–Crippen LogP) is 11.6. The van der Waals surface area contributed by atoms with Gasteiger partial charge in [0, 0.05) is 34.3 Å². The monoisotopic (exact) mass is 586 g/mol. The first-order chi connectivity index (χ1) is 22.7. The zero-order valence-electron chi connectivity index (χ0n) is 25.2. The van der Waals surface area contributed by atoms with Gasteiger partial charge in [0.2, 0.25) is 0 Å². The van der Waals surface area contributed by atoms with Gasteiger partial charge in [-0.1, -0.05) is 134 Å². The summed E-state index contributed by atoms with van der Waals surface area (Å²) in [5, 5.41) is 7.21. The second kappa shape index (κ2) is 12.1. The second-order valence-electron chi connectivity index (χ2n) is 11.6. The third-order valence-corrected chi connectivity index (χ3v) is 8.48. The summed E-state index contributed by atoms with van der Waals surface area (Å²) in [6, 6.07) is 47.3. The Morgan fingerprint density at radius 2 is 0.652 bits per heavy atom. The summed E-state index contributed by atoms with van der Waals surface area (Å²) in [6.07, 6.45) is 16.7. The summed E-state index contributed by atoms with van der Waals surface area (Å²) in [5.41, 5.74) is 9.00. The molecule has 0 bridgehead atoms. The molecular formula is C44H30N2. The molecule has 0 aliphatic heterocycles. The standard InChI is InChI=1S/C44H30N2/c1-5-35-9-3-25-45-43(35)37(7-1)19-13-33-17-23-39-27-31(15-21-41(39)29-33)11-12-32-16-22-42-30-34(18-24-40(42)28-32)14-20-38-8-2-6-36-10-4-26-46-44(36)38/h1-30H/b12-11+,19-13+,20-14+. The highest BCUT2D eigenvalue weighted by Crippen LogP contribution is 2.25. The van der Waals surface area contributed by atoms with Gasteiger partial charge in [-0.2, -0.15) is 0 Å². The Morgan fingerprint density at radius 1 is 0.304 bits per heavy atom. The van der Waals surface area contributed by atoms with Crippen LogP contribution in [0.5, 0.6) is 0 Å². The van der Waals surface area contributed by atoms with Crippen molar-refractivity contribution in [1.82, 2.24) is 9.97 Å². The van der Waals surface area contributed by atoms with Gasteiger partial charge >= 0.3 is 0 Å². The molecule has 0 saturated heterocycles. The lowest BCUT2D eigenvalue weighted by Gasteiger charge is -2.04. The molecule has 2 aromatic heterocycles. The minimum atomic E-state index is 1.03. The molecule has 0 N–H and O–H groups in total. The Bertz CT molecular complexity index is 2300. The van der Waals surface area contributed by atoms with Crippen molar-refractivity contribution in [1.29, 1.82) is 0 Å². The molecule has 0 fully saturated rings. The Kier molecular flexibility index (Phi) is 7.22. The van der Waals surface area contributed by atoms with Crippen molar-refractivity contribution < 1.29 is 0 Å². The molecule has 6 aromatic carbocycles. The van der Waals surface area contributed by atoms with Crippen molar-refractivity contribution in [3.63, 3.8) is 0 Å². The lowest BCUT2D eigenvalue weighted by Crippen LogP contribution is -1.82. The van der Waals surface area contributed by atoms with Crippen LogP contribution >= 0.6 is 0 Å². The van der Waals surface area contributed by atoms with Crippen LogP contribution < -0.4 is 0 Å². The van der Waals surface area contributed by atoms with Crippen molar-refractivity contribution in [3.05, 3.63) is 179 Å². The van der Waals surface area contributed by atoms with Crippen molar-refractivity contribution in [2.45, 2.75) is 0 Å². The topological polar surface area (TPSA) is 25.8 Å². The van der Waals surface area contributed by atoms with Gasteiger partial charge in [0.05, 0.1) is 11.0 Å². The lowest BCUT2D eigenvalue weighted by atomic mass is 10.0. The minimum absolute atomic E-state index is 1.03. The molecule has 2 heteroatoms. The zero-order chi connectivity index (χ0) is 30.7. The van der Waals surface area contributed by atoms with Gasteiger partial charge in [0.1, 0.15) is 0 Å². The summed E-state index contributed by atoms with van der Waals surface area (Å²) in [5.74, 6) is 0. The van der Waals surface area contributed by atoms with Crippen molar-refractivity contribution in [2.75, 3.05) is 0 Å². The van der Waals surface area contributed by atoms with Crippen LogP contribution in [0.15, 0.2) is 146 Å². The van der Waals surface area contributed by atoms with E-state index in [0.29, 0.717) is 0 Å². The van der Waals surface area contributed by atoms with E-state index in [1.165, 1.54) is 43.8 Å². The van der Waals surface area contributed by atoms with E-state index in [4.69, 9.17) is 0 Å². The third-order valence-electron chi connectivity index (χ3n) is 8.48.